The standard InChI is InChI=1S/C25H27BrN4/c1-18-6-5-7-19(16-18)30-14-12-29(13-15-30)11-10-24-27-23-17-22(26)20-8-3-4-9-21(20)25(23)28(24)2/h3-9,16-17H,10-15H2,1-2H3. The van der Waals surface area contributed by atoms with Crippen molar-refractivity contribution >= 4 is 43.4 Å². The minimum atomic E-state index is 0.974. The van der Waals surface area contributed by atoms with Gasteiger partial charge in [-0.1, -0.05) is 52.3 Å². The van der Waals surface area contributed by atoms with Crippen molar-refractivity contribution in [2.45, 2.75) is 13.3 Å². The molecule has 1 aliphatic heterocycles. The van der Waals surface area contributed by atoms with Crippen LogP contribution >= 0.6 is 15.9 Å². The van der Waals surface area contributed by atoms with E-state index in [0.29, 0.717) is 0 Å². The lowest BCUT2D eigenvalue weighted by atomic mass is 10.1. The molecule has 5 rings (SSSR count). The van der Waals surface area contributed by atoms with E-state index in [2.05, 4.69) is 98.9 Å². The fourth-order valence-corrected chi connectivity index (χ4v) is 5.18. The van der Waals surface area contributed by atoms with Crippen molar-refractivity contribution in [3.63, 3.8) is 0 Å². The summed E-state index contributed by atoms with van der Waals surface area (Å²) in [4.78, 5) is 10.0. The molecule has 2 heterocycles. The SMILES string of the molecule is Cc1cccc(N2CCN(CCc3nc4cc(Br)c5ccccc5c4n3C)CC2)c1. The average molecular weight is 463 g/mol. The maximum Gasteiger partial charge on any atom is 0.110 e. The van der Waals surface area contributed by atoms with E-state index in [1.54, 1.807) is 0 Å². The largest absolute Gasteiger partial charge is 0.369 e. The van der Waals surface area contributed by atoms with Gasteiger partial charge in [0, 0.05) is 61.7 Å². The highest BCUT2D eigenvalue weighted by Gasteiger charge is 2.19. The van der Waals surface area contributed by atoms with Crippen LogP contribution in [0.25, 0.3) is 21.8 Å². The lowest BCUT2D eigenvalue weighted by Crippen LogP contribution is -2.47. The van der Waals surface area contributed by atoms with Gasteiger partial charge in [-0.3, -0.25) is 4.90 Å². The molecule has 0 atom stereocenters. The molecule has 4 nitrogen and oxygen atoms in total. The number of imidazole rings is 1. The Kier molecular flexibility index (Phi) is 5.25. The molecule has 0 N–H and O–H groups in total. The van der Waals surface area contributed by atoms with Crippen molar-refractivity contribution in [1.82, 2.24) is 14.5 Å². The summed E-state index contributed by atoms with van der Waals surface area (Å²) in [5.41, 5.74) is 4.98. The van der Waals surface area contributed by atoms with Crippen LogP contribution in [0.1, 0.15) is 11.4 Å². The molecule has 0 radical (unpaired) electrons. The molecule has 0 bridgehead atoms. The average Bonchev–Trinajstić information content (AvgIpc) is 3.08. The van der Waals surface area contributed by atoms with Crippen LogP contribution < -0.4 is 4.90 Å². The molecule has 0 unspecified atom stereocenters. The number of piperazine rings is 1. The molecule has 154 valence electrons. The molecule has 1 saturated heterocycles. The van der Waals surface area contributed by atoms with Crippen molar-refractivity contribution in [3.8, 4) is 0 Å². The second-order valence-electron chi connectivity index (χ2n) is 8.28. The number of nitrogens with zero attached hydrogens (tertiary/aromatic N) is 4. The highest BCUT2D eigenvalue weighted by atomic mass is 79.9. The second-order valence-corrected chi connectivity index (χ2v) is 9.13. The monoisotopic (exact) mass is 462 g/mol. The first-order valence-corrected chi connectivity index (χ1v) is 11.5. The maximum atomic E-state index is 4.98. The third-order valence-corrected chi connectivity index (χ3v) is 6.96. The molecule has 30 heavy (non-hydrogen) atoms. The zero-order valence-corrected chi connectivity index (χ0v) is 19.2. The first-order valence-electron chi connectivity index (χ1n) is 10.7. The summed E-state index contributed by atoms with van der Waals surface area (Å²) in [6.45, 7) is 7.60. The Labute approximate surface area is 186 Å². The Morgan fingerprint density at radius 1 is 0.933 bits per heavy atom. The molecule has 1 aliphatic rings. The zero-order valence-electron chi connectivity index (χ0n) is 17.6. The molecule has 1 aromatic heterocycles. The van der Waals surface area contributed by atoms with E-state index in [1.165, 1.54) is 27.5 Å². The minimum Gasteiger partial charge on any atom is -0.369 e. The molecule has 1 fully saturated rings. The highest BCUT2D eigenvalue weighted by Crippen LogP contribution is 2.32. The summed E-state index contributed by atoms with van der Waals surface area (Å²) >= 11 is 3.72. The topological polar surface area (TPSA) is 24.3 Å². The summed E-state index contributed by atoms with van der Waals surface area (Å²) in [6.07, 6.45) is 0.974. The lowest BCUT2D eigenvalue weighted by Gasteiger charge is -2.36. The Morgan fingerprint density at radius 2 is 1.70 bits per heavy atom. The number of benzene rings is 3. The van der Waals surface area contributed by atoms with Gasteiger partial charge in [0.2, 0.25) is 0 Å². The Hall–Kier alpha value is -2.37. The normalized spacial score (nSPS) is 15.4. The number of halogens is 1. The highest BCUT2D eigenvalue weighted by molar-refractivity contribution is 9.10. The summed E-state index contributed by atoms with van der Waals surface area (Å²) in [5.74, 6) is 1.16. The Bertz CT molecular complexity index is 1200. The number of aromatic nitrogens is 2. The molecule has 0 aliphatic carbocycles. The third-order valence-electron chi connectivity index (χ3n) is 6.31. The number of fused-ring (bicyclic) bond motifs is 3. The predicted molar refractivity (Wildman–Crippen MR) is 129 cm³/mol. The van der Waals surface area contributed by atoms with Crippen molar-refractivity contribution in [2.75, 3.05) is 37.6 Å². The van der Waals surface area contributed by atoms with Gasteiger partial charge in [0.05, 0.1) is 11.0 Å². The number of hydrogen-bond acceptors (Lipinski definition) is 3. The zero-order chi connectivity index (χ0) is 20.7. The van der Waals surface area contributed by atoms with E-state index >= 15 is 0 Å². The van der Waals surface area contributed by atoms with Crippen LogP contribution in [-0.4, -0.2) is 47.2 Å². The smallest absolute Gasteiger partial charge is 0.110 e. The number of rotatable bonds is 4. The van der Waals surface area contributed by atoms with Gasteiger partial charge in [0.15, 0.2) is 0 Å². The van der Waals surface area contributed by atoms with Gasteiger partial charge in [-0.15, -0.1) is 0 Å². The van der Waals surface area contributed by atoms with E-state index in [0.717, 1.165) is 55.0 Å². The predicted octanol–water partition coefficient (Wildman–Crippen LogP) is 5.16. The summed E-state index contributed by atoms with van der Waals surface area (Å²) < 4.78 is 3.40. The molecule has 0 spiro atoms. The molecule has 5 heteroatoms. The van der Waals surface area contributed by atoms with Gasteiger partial charge in [-0.2, -0.15) is 0 Å². The first-order chi connectivity index (χ1) is 14.6. The van der Waals surface area contributed by atoms with Gasteiger partial charge in [-0.25, -0.2) is 4.98 Å². The van der Waals surface area contributed by atoms with Crippen LogP contribution in [0.4, 0.5) is 5.69 Å². The van der Waals surface area contributed by atoms with E-state index < -0.39 is 0 Å². The van der Waals surface area contributed by atoms with Crippen LogP contribution in [0.2, 0.25) is 0 Å². The molecular formula is C25H27BrN4. The van der Waals surface area contributed by atoms with Crippen molar-refractivity contribution in [2.24, 2.45) is 7.05 Å². The number of anilines is 1. The first kappa shape index (κ1) is 19.6. The van der Waals surface area contributed by atoms with Crippen LogP contribution in [0, 0.1) is 6.92 Å². The Morgan fingerprint density at radius 3 is 2.47 bits per heavy atom. The number of aryl methyl sites for hydroxylation is 2. The summed E-state index contributed by atoms with van der Waals surface area (Å²) in [7, 11) is 2.15. The fraction of sp³-hybridized carbons (Fsp3) is 0.320. The van der Waals surface area contributed by atoms with Crippen molar-refractivity contribution < 1.29 is 0 Å². The number of hydrogen-bond donors (Lipinski definition) is 0. The summed E-state index contributed by atoms with van der Waals surface area (Å²) in [6, 6.07) is 19.5. The van der Waals surface area contributed by atoms with Crippen LogP contribution in [0.15, 0.2) is 59.1 Å². The molecule has 0 saturated carbocycles. The lowest BCUT2D eigenvalue weighted by molar-refractivity contribution is 0.259. The van der Waals surface area contributed by atoms with Crippen molar-refractivity contribution in [1.29, 1.82) is 0 Å². The minimum absolute atomic E-state index is 0.974. The van der Waals surface area contributed by atoms with Gasteiger partial charge >= 0.3 is 0 Å². The second kappa shape index (κ2) is 8.05. The molecule has 4 aromatic rings. The third kappa shape index (κ3) is 3.61. The quantitative estimate of drug-likeness (QED) is 0.418. The van der Waals surface area contributed by atoms with Crippen LogP contribution in [0.5, 0.6) is 0 Å². The fourth-order valence-electron chi connectivity index (χ4n) is 4.62. The van der Waals surface area contributed by atoms with Crippen LogP contribution in [-0.2, 0) is 13.5 Å². The van der Waals surface area contributed by atoms with Gasteiger partial charge < -0.3 is 9.47 Å². The van der Waals surface area contributed by atoms with E-state index in [1.807, 2.05) is 0 Å². The van der Waals surface area contributed by atoms with E-state index in [4.69, 9.17) is 4.98 Å². The van der Waals surface area contributed by atoms with E-state index in [-0.39, 0.29) is 0 Å². The summed E-state index contributed by atoms with van der Waals surface area (Å²) in [5, 5.41) is 2.50. The molecular weight excluding hydrogens is 436 g/mol. The van der Waals surface area contributed by atoms with Gasteiger partial charge in [0.25, 0.3) is 0 Å². The Balaban J connectivity index is 1.29. The van der Waals surface area contributed by atoms with Gasteiger partial charge in [-0.05, 0) is 36.1 Å². The van der Waals surface area contributed by atoms with Crippen molar-refractivity contribution in [3.05, 3.63) is 70.5 Å². The van der Waals surface area contributed by atoms with Gasteiger partial charge in [0.1, 0.15) is 5.82 Å². The van der Waals surface area contributed by atoms with E-state index in [9.17, 15) is 0 Å². The molecule has 0 amide bonds. The van der Waals surface area contributed by atoms with Crippen LogP contribution in [0.3, 0.4) is 0 Å². The maximum absolute atomic E-state index is 4.98. The molecule has 3 aromatic carbocycles.